The number of ether oxygens (including phenoxy) is 1. The lowest BCUT2D eigenvalue weighted by molar-refractivity contribution is -0.0498. The largest absolute Gasteiger partial charge is 0.435 e. The number of rotatable bonds is 3. The first-order valence-electron chi connectivity index (χ1n) is 4.51. The van der Waals surface area contributed by atoms with E-state index in [9.17, 15) is 8.78 Å². The summed E-state index contributed by atoms with van der Waals surface area (Å²) in [6, 6.07) is 7.91. The number of nitrogens with zero attached hydrogens (tertiary/aromatic N) is 1. The van der Waals surface area contributed by atoms with Crippen molar-refractivity contribution in [3.05, 3.63) is 30.3 Å². The van der Waals surface area contributed by atoms with Gasteiger partial charge in [0.2, 0.25) is 0 Å². The highest BCUT2D eigenvalue weighted by Crippen LogP contribution is 2.24. The SMILES string of the molecule is Cl.Nc1cc(-c2cccc(OC(F)F)c2)[nH]n1. The maximum atomic E-state index is 12.0. The molecule has 0 fully saturated rings. The minimum absolute atomic E-state index is 0. The van der Waals surface area contributed by atoms with Crippen LogP contribution in [0.25, 0.3) is 11.3 Å². The maximum absolute atomic E-state index is 12.0. The molecule has 3 N–H and O–H groups in total. The number of hydrogen-bond acceptors (Lipinski definition) is 3. The summed E-state index contributed by atoms with van der Waals surface area (Å²) in [5, 5.41) is 6.43. The van der Waals surface area contributed by atoms with Crippen molar-refractivity contribution < 1.29 is 13.5 Å². The van der Waals surface area contributed by atoms with E-state index in [-0.39, 0.29) is 18.2 Å². The van der Waals surface area contributed by atoms with Crippen LogP contribution in [0.1, 0.15) is 0 Å². The van der Waals surface area contributed by atoms with Crippen molar-refractivity contribution in [3.63, 3.8) is 0 Å². The Morgan fingerprint density at radius 2 is 2.06 bits per heavy atom. The molecule has 1 heterocycles. The summed E-state index contributed by atoms with van der Waals surface area (Å²) in [6.07, 6.45) is 0. The van der Waals surface area contributed by atoms with Gasteiger partial charge in [-0.2, -0.15) is 13.9 Å². The first-order valence-corrected chi connectivity index (χ1v) is 4.51. The summed E-state index contributed by atoms with van der Waals surface area (Å²) >= 11 is 0. The molecular weight excluding hydrogens is 252 g/mol. The average molecular weight is 262 g/mol. The van der Waals surface area contributed by atoms with Gasteiger partial charge in [-0.25, -0.2) is 0 Å². The molecule has 7 heteroatoms. The fourth-order valence-electron chi connectivity index (χ4n) is 1.32. The minimum Gasteiger partial charge on any atom is -0.435 e. The van der Waals surface area contributed by atoms with Gasteiger partial charge in [0.1, 0.15) is 11.6 Å². The molecule has 0 saturated heterocycles. The van der Waals surface area contributed by atoms with Crippen molar-refractivity contribution in [1.29, 1.82) is 0 Å². The molecule has 0 saturated carbocycles. The molecule has 0 amide bonds. The van der Waals surface area contributed by atoms with E-state index in [0.29, 0.717) is 17.1 Å². The van der Waals surface area contributed by atoms with Crippen molar-refractivity contribution in [2.75, 3.05) is 5.73 Å². The third kappa shape index (κ3) is 3.32. The zero-order valence-electron chi connectivity index (χ0n) is 8.56. The normalized spacial score (nSPS) is 10.1. The van der Waals surface area contributed by atoms with Gasteiger partial charge >= 0.3 is 6.61 Å². The van der Waals surface area contributed by atoms with E-state index in [0.717, 1.165) is 0 Å². The van der Waals surface area contributed by atoms with Crippen LogP contribution in [0.4, 0.5) is 14.6 Å². The van der Waals surface area contributed by atoms with Gasteiger partial charge in [0.15, 0.2) is 0 Å². The first-order chi connectivity index (χ1) is 7.65. The molecule has 0 spiro atoms. The molecule has 0 atom stereocenters. The number of halogens is 3. The highest BCUT2D eigenvalue weighted by atomic mass is 35.5. The number of aromatic amines is 1. The Hall–Kier alpha value is -1.82. The summed E-state index contributed by atoms with van der Waals surface area (Å²) in [7, 11) is 0. The number of alkyl halides is 2. The Kier molecular flexibility index (Phi) is 4.28. The molecule has 4 nitrogen and oxygen atoms in total. The highest BCUT2D eigenvalue weighted by molar-refractivity contribution is 5.85. The minimum atomic E-state index is -2.83. The lowest BCUT2D eigenvalue weighted by atomic mass is 10.1. The monoisotopic (exact) mass is 261 g/mol. The summed E-state index contributed by atoms with van der Waals surface area (Å²) in [4.78, 5) is 0. The summed E-state index contributed by atoms with van der Waals surface area (Å²) < 4.78 is 28.3. The number of aromatic nitrogens is 2. The topological polar surface area (TPSA) is 63.9 Å². The number of nitrogen functional groups attached to an aromatic ring is 1. The van der Waals surface area contributed by atoms with E-state index >= 15 is 0 Å². The lowest BCUT2D eigenvalue weighted by Crippen LogP contribution is -2.01. The number of H-pyrrole nitrogens is 1. The number of benzene rings is 1. The van der Waals surface area contributed by atoms with E-state index < -0.39 is 6.61 Å². The predicted octanol–water partition coefficient (Wildman–Crippen LogP) is 2.68. The Bertz CT molecular complexity index is 490. The quantitative estimate of drug-likeness (QED) is 0.893. The Balaban J connectivity index is 0.00000144. The second-order valence-electron chi connectivity index (χ2n) is 3.11. The van der Waals surface area contributed by atoms with Crippen molar-refractivity contribution in [3.8, 4) is 17.0 Å². The third-order valence-corrected chi connectivity index (χ3v) is 1.97. The Morgan fingerprint density at radius 3 is 2.65 bits per heavy atom. The smallest absolute Gasteiger partial charge is 0.387 e. The molecule has 1 aromatic carbocycles. The van der Waals surface area contributed by atoms with Crippen LogP contribution in [-0.2, 0) is 0 Å². The van der Waals surface area contributed by atoms with Gasteiger partial charge in [0.05, 0.1) is 5.69 Å². The Morgan fingerprint density at radius 1 is 1.29 bits per heavy atom. The molecule has 0 aliphatic heterocycles. The number of hydrogen-bond donors (Lipinski definition) is 2. The van der Waals surface area contributed by atoms with Crippen LogP contribution in [-0.4, -0.2) is 16.8 Å². The molecule has 92 valence electrons. The van der Waals surface area contributed by atoms with Gasteiger partial charge in [-0.05, 0) is 12.1 Å². The predicted molar refractivity (Wildman–Crippen MR) is 62.3 cm³/mol. The molecular formula is C10H10ClF2N3O. The molecule has 0 radical (unpaired) electrons. The van der Waals surface area contributed by atoms with Crippen molar-refractivity contribution in [2.45, 2.75) is 6.61 Å². The van der Waals surface area contributed by atoms with Crippen LogP contribution >= 0.6 is 12.4 Å². The summed E-state index contributed by atoms with van der Waals surface area (Å²) in [5.74, 6) is 0.441. The molecule has 17 heavy (non-hydrogen) atoms. The average Bonchev–Trinajstić information content (AvgIpc) is 2.64. The van der Waals surface area contributed by atoms with Crippen LogP contribution in [0.5, 0.6) is 5.75 Å². The fourth-order valence-corrected chi connectivity index (χ4v) is 1.32. The molecule has 1 aromatic heterocycles. The molecule has 0 bridgehead atoms. The van der Waals surface area contributed by atoms with Crippen LogP contribution in [0.3, 0.4) is 0 Å². The summed E-state index contributed by atoms with van der Waals surface area (Å²) in [6.45, 7) is -2.83. The molecule has 0 aliphatic rings. The van der Waals surface area contributed by atoms with Crippen molar-refractivity contribution >= 4 is 18.2 Å². The van der Waals surface area contributed by atoms with Crippen LogP contribution in [0, 0.1) is 0 Å². The number of nitrogens with two attached hydrogens (primary N) is 1. The van der Waals surface area contributed by atoms with E-state index in [2.05, 4.69) is 14.9 Å². The third-order valence-electron chi connectivity index (χ3n) is 1.97. The second-order valence-corrected chi connectivity index (χ2v) is 3.11. The lowest BCUT2D eigenvalue weighted by Gasteiger charge is -2.05. The van der Waals surface area contributed by atoms with E-state index in [4.69, 9.17) is 5.73 Å². The maximum Gasteiger partial charge on any atom is 0.387 e. The van der Waals surface area contributed by atoms with Gasteiger partial charge in [0.25, 0.3) is 0 Å². The van der Waals surface area contributed by atoms with Crippen LogP contribution in [0.2, 0.25) is 0 Å². The van der Waals surface area contributed by atoms with Gasteiger partial charge in [0, 0.05) is 11.6 Å². The van der Waals surface area contributed by atoms with Gasteiger partial charge in [-0.15, -0.1) is 12.4 Å². The highest BCUT2D eigenvalue weighted by Gasteiger charge is 2.06. The molecule has 2 aromatic rings. The van der Waals surface area contributed by atoms with Crippen LogP contribution < -0.4 is 10.5 Å². The molecule has 0 unspecified atom stereocenters. The van der Waals surface area contributed by atoms with Crippen LogP contribution in [0.15, 0.2) is 30.3 Å². The van der Waals surface area contributed by atoms with Gasteiger partial charge in [-0.3, -0.25) is 5.10 Å². The zero-order chi connectivity index (χ0) is 11.5. The van der Waals surface area contributed by atoms with E-state index in [1.165, 1.54) is 12.1 Å². The summed E-state index contributed by atoms with van der Waals surface area (Å²) in [5.41, 5.74) is 6.77. The van der Waals surface area contributed by atoms with E-state index in [1.54, 1.807) is 18.2 Å². The van der Waals surface area contributed by atoms with Crippen molar-refractivity contribution in [2.24, 2.45) is 0 Å². The number of nitrogens with one attached hydrogen (secondary N) is 1. The number of anilines is 1. The zero-order valence-corrected chi connectivity index (χ0v) is 9.38. The standard InChI is InChI=1S/C10H9F2N3O.ClH/c11-10(12)16-7-3-1-2-6(4-7)8-5-9(13)15-14-8;/h1-5,10H,(H3,13,14,15);1H. The Labute approximate surface area is 102 Å². The second kappa shape index (κ2) is 5.49. The fraction of sp³-hybridized carbons (Fsp3) is 0.100. The van der Waals surface area contributed by atoms with E-state index in [1.807, 2.05) is 0 Å². The van der Waals surface area contributed by atoms with Gasteiger partial charge < -0.3 is 10.5 Å². The molecule has 2 rings (SSSR count). The first kappa shape index (κ1) is 13.2. The van der Waals surface area contributed by atoms with Gasteiger partial charge in [-0.1, -0.05) is 12.1 Å². The molecule has 0 aliphatic carbocycles. The van der Waals surface area contributed by atoms with Crippen molar-refractivity contribution in [1.82, 2.24) is 10.2 Å².